The molecule has 2 N–H and O–H groups in total. The number of amides is 1. The first-order valence-electron chi connectivity index (χ1n) is 8.42. The molecule has 0 aliphatic heterocycles. The second-order valence-electron chi connectivity index (χ2n) is 5.73. The molecule has 0 spiro atoms. The summed E-state index contributed by atoms with van der Waals surface area (Å²) in [6.45, 7) is 2.08. The zero-order valence-electron chi connectivity index (χ0n) is 15.0. The standard InChI is InChI=1S/C20H19ClN4O2/c1-3-13-6-4-5-7-17(13)25-20-22-11-14(12-23-20)19(26)24-15-8-9-18(27-2)16(21)10-15/h4-12H,3H2,1-2H3,(H,24,26)(H,22,23,25). The third-order valence-electron chi connectivity index (χ3n) is 3.97. The monoisotopic (exact) mass is 382 g/mol. The number of aryl methyl sites for hydroxylation is 1. The highest BCUT2D eigenvalue weighted by Crippen LogP contribution is 2.27. The van der Waals surface area contributed by atoms with Crippen molar-refractivity contribution in [1.82, 2.24) is 9.97 Å². The van der Waals surface area contributed by atoms with E-state index >= 15 is 0 Å². The van der Waals surface area contributed by atoms with Gasteiger partial charge >= 0.3 is 0 Å². The van der Waals surface area contributed by atoms with Gasteiger partial charge in [0.1, 0.15) is 5.75 Å². The molecule has 1 aromatic heterocycles. The Labute approximate surface area is 162 Å². The zero-order chi connectivity index (χ0) is 19.2. The minimum Gasteiger partial charge on any atom is -0.495 e. The van der Waals surface area contributed by atoms with E-state index in [1.807, 2.05) is 24.3 Å². The maximum absolute atomic E-state index is 12.4. The molecule has 1 heterocycles. The summed E-state index contributed by atoms with van der Waals surface area (Å²) < 4.78 is 5.10. The van der Waals surface area contributed by atoms with Crippen LogP contribution < -0.4 is 15.4 Å². The van der Waals surface area contributed by atoms with Gasteiger partial charge in [-0.15, -0.1) is 0 Å². The molecule has 3 aromatic rings. The van der Waals surface area contributed by atoms with Crippen molar-refractivity contribution < 1.29 is 9.53 Å². The second-order valence-corrected chi connectivity index (χ2v) is 6.14. The highest BCUT2D eigenvalue weighted by molar-refractivity contribution is 6.32. The third kappa shape index (κ3) is 4.54. The van der Waals surface area contributed by atoms with Crippen molar-refractivity contribution in [2.75, 3.05) is 17.7 Å². The number of hydrogen-bond donors (Lipinski definition) is 2. The van der Waals surface area contributed by atoms with Crippen LogP contribution in [0, 0.1) is 0 Å². The summed E-state index contributed by atoms with van der Waals surface area (Å²) in [6, 6.07) is 13.0. The van der Waals surface area contributed by atoms with E-state index in [0.717, 1.165) is 12.1 Å². The van der Waals surface area contributed by atoms with Gasteiger partial charge in [-0.05, 0) is 36.2 Å². The number of ether oxygens (including phenoxy) is 1. The lowest BCUT2D eigenvalue weighted by atomic mass is 10.1. The maximum Gasteiger partial charge on any atom is 0.258 e. The molecule has 0 aliphatic carbocycles. The van der Waals surface area contributed by atoms with Gasteiger partial charge in [0.15, 0.2) is 0 Å². The number of benzene rings is 2. The zero-order valence-corrected chi connectivity index (χ0v) is 15.7. The first kappa shape index (κ1) is 18.7. The molecule has 2 aromatic carbocycles. The van der Waals surface area contributed by atoms with Crippen LogP contribution in [0.3, 0.4) is 0 Å². The Morgan fingerprint density at radius 2 is 1.89 bits per heavy atom. The van der Waals surface area contributed by atoms with E-state index in [2.05, 4.69) is 27.5 Å². The Morgan fingerprint density at radius 1 is 1.15 bits per heavy atom. The number of carbonyl (C=O) groups is 1. The van der Waals surface area contributed by atoms with Crippen molar-refractivity contribution in [2.24, 2.45) is 0 Å². The Hall–Kier alpha value is -3.12. The van der Waals surface area contributed by atoms with Gasteiger partial charge in [0, 0.05) is 23.8 Å². The van der Waals surface area contributed by atoms with Crippen LogP contribution in [0.2, 0.25) is 5.02 Å². The summed E-state index contributed by atoms with van der Waals surface area (Å²) in [5.74, 6) is 0.650. The molecular weight excluding hydrogens is 364 g/mol. The van der Waals surface area contributed by atoms with Crippen LogP contribution in [0.25, 0.3) is 0 Å². The molecule has 3 rings (SSSR count). The van der Waals surface area contributed by atoms with Crippen molar-refractivity contribution in [3.05, 3.63) is 71.0 Å². The molecule has 0 saturated heterocycles. The fourth-order valence-corrected chi connectivity index (χ4v) is 2.79. The highest BCUT2D eigenvalue weighted by atomic mass is 35.5. The summed E-state index contributed by atoms with van der Waals surface area (Å²) in [5.41, 5.74) is 3.02. The quantitative estimate of drug-likeness (QED) is 0.646. The van der Waals surface area contributed by atoms with E-state index in [1.54, 1.807) is 18.2 Å². The van der Waals surface area contributed by atoms with E-state index in [-0.39, 0.29) is 5.91 Å². The average Bonchev–Trinajstić information content (AvgIpc) is 2.69. The summed E-state index contributed by atoms with van der Waals surface area (Å²) >= 11 is 6.07. The number of halogens is 1. The molecule has 138 valence electrons. The molecule has 0 radical (unpaired) electrons. The van der Waals surface area contributed by atoms with Crippen LogP contribution in [0.5, 0.6) is 5.75 Å². The van der Waals surface area contributed by atoms with Gasteiger partial charge in [-0.1, -0.05) is 36.7 Å². The normalized spacial score (nSPS) is 10.3. The van der Waals surface area contributed by atoms with Gasteiger partial charge in [-0.2, -0.15) is 0 Å². The molecule has 1 amide bonds. The smallest absolute Gasteiger partial charge is 0.258 e. The van der Waals surface area contributed by atoms with Gasteiger partial charge in [-0.3, -0.25) is 4.79 Å². The molecule has 0 bridgehead atoms. The number of nitrogens with zero attached hydrogens (tertiary/aromatic N) is 2. The topological polar surface area (TPSA) is 76.1 Å². The second kappa shape index (κ2) is 8.51. The van der Waals surface area contributed by atoms with Gasteiger partial charge in [-0.25, -0.2) is 9.97 Å². The minimum absolute atomic E-state index is 0.322. The Bertz CT molecular complexity index is 945. The Kier molecular flexibility index (Phi) is 5.88. The van der Waals surface area contributed by atoms with Crippen molar-refractivity contribution in [3.63, 3.8) is 0 Å². The van der Waals surface area contributed by atoms with Crippen LogP contribution in [0.1, 0.15) is 22.8 Å². The van der Waals surface area contributed by atoms with Crippen molar-refractivity contribution in [1.29, 1.82) is 0 Å². The van der Waals surface area contributed by atoms with E-state index in [4.69, 9.17) is 16.3 Å². The number of anilines is 3. The van der Waals surface area contributed by atoms with E-state index in [0.29, 0.717) is 28.0 Å². The number of nitrogens with one attached hydrogen (secondary N) is 2. The number of rotatable bonds is 6. The fraction of sp³-hybridized carbons (Fsp3) is 0.150. The van der Waals surface area contributed by atoms with Crippen LogP contribution in [0.4, 0.5) is 17.3 Å². The first-order chi connectivity index (χ1) is 13.1. The molecule has 0 saturated carbocycles. The lowest BCUT2D eigenvalue weighted by Gasteiger charge is -2.10. The van der Waals surface area contributed by atoms with Crippen LogP contribution in [-0.4, -0.2) is 23.0 Å². The highest BCUT2D eigenvalue weighted by Gasteiger charge is 2.10. The first-order valence-corrected chi connectivity index (χ1v) is 8.80. The van der Waals surface area contributed by atoms with Crippen molar-refractivity contribution >= 4 is 34.8 Å². The van der Waals surface area contributed by atoms with E-state index < -0.39 is 0 Å². The summed E-state index contributed by atoms with van der Waals surface area (Å²) in [4.78, 5) is 20.8. The summed E-state index contributed by atoms with van der Waals surface area (Å²) in [7, 11) is 1.53. The molecule has 0 fully saturated rings. The third-order valence-corrected chi connectivity index (χ3v) is 4.26. The molecule has 0 unspecified atom stereocenters. The van der Waals surface area contributed by atoms with Gasteiger partial charge < -0.3 is 15.4 Å². The molecule has 0 atom stereocenters. The minimum atomic E-state index is -0.322. The van der Waals surface area contributed by atoms with Crippen molar-refractivity contribution in [2.45, 2.75) is 13.3 Å². The molecule has 0 aliphatic rings. The fourth-order valence-electron chi connectivity index (χ4n) is 2.53. The Balaban J connectivity index is 1.69. The summed E-state index contributed by atoms with van der Waals surface area (Å²) in [6.07, 6.45) is 3.85. The summed E-state index contributed by atoms with van der Waals surface area (Å²) in [5, 5.41) is 6.35. The predicted octanol–water partition coefficient (Wildman–Crippen LogP) is 4.70. The van der Waals surface area contributed by atoms with Gasteiger partial charge in [0.2, 0.25) is 5.95 Å². The molecule has 6 nitrogen and oxygen atoms in total. The number of methoxy groups -OCH3 is 1. The number of hydrogen-bond acceptors (Lipinski definition) is 5. The predicted molar refractivity (Wildman–Crippen MR) is 107 cm³/mol. The number of aromatic nitrogens is 2. The molecule has 7 heteroatoms. The van der Waals surface area contributed by atoms with Crippen LogP contribution >= 0.6 is 11.6 Å². The maximum atomic E-state index is 12.4. The van der Waals surface area contributed by atoms with E-state index in [9.17, 15) is 4.79 Å². The average molecular weight is 383 g/mol. The lowest BCUT2D eigenvalue weighted by molar-refractivity contribution is 0.102. The number of carbonyl (C=O) groups excluding carboxylic acids is 1. The van der Waals surface area contributed by atoms with Crippen molar-refractivity contribution in [3.8, 4) is 5.75 Å². The van der Waals surface area contributed by atoms with E-state index in [1.165, 1.54) is 25.1 Å². The number of para-hydroxylation sites is 1. The largest absolute Gasteiger partial charge is 0.495 e. The van der Waals surface area contributed by atoms with Gasteiger partial charge in [0.25, 0.3) is 5.91 Å². The van der Waals surface area contributed by atoms with Crippen LogP contribution in [-0.2, 0) is 6.42 Å². The van der Waals surface area contributed by atoms with Crippen LogP contribution in [0.15, 0.2) is 54.9 Å². The SMILES string of the molecule is CCc1ccccc1Nc1ncc(C(=O)Nc2ccc(OC)c(Cl)c2)cn1. The molecular formula is C20H19ClN4O2. The molecule has 27 heavy (non-hydrogen) atoms. The Morgan fingerprint density at radius 3 is 2.56 bits per heavy atom. The van der Waals surface area contributed by atoms with Gasteiger partial charge in [0.05, 0.1) is 17.7 Å². The lowest BCUT2D eigenvalue weighted by Crippen LogP contribution is -2.13.